The zero-order valence-electron chi connectivity index (χ0n) is 26.5. The number of benzene rings is 3. The van der Waals surface area contributed by atoms with E-state index in [2.05, 4.69) is 37.3 Å². The lowest BCUT2D eigenvalue weighted by Crippen LogP contribution is -2.25. The summed E-state index contributed by atoms with van der Waals surface area (Å²) in [5, 5.41) is 7.21. The summed E-state index contributed by atoms with van der Waals surface area (Å²) < 4.78 is 5.50. The third-order valence-electron chi connectivity index (χ3n) is 6.36. The van der Waals surface area contributed by atoms with Crippen molar-refractivity contribution in [3.05, 3.63) is 106 Å². The van der Waals surface area contributed by atoms with Crippen molar-refractivity contribution >= 4 is 40.0 Å². The molecule has 0 aliphatic rings. The van der Waals surface area contributed by atoms with Gasteiger partial charge in [-0.1, -0.05) is 61.7 Å². The van der Waals surface area contributed by atoms with E-state index in [9.17, 15) is 9.59 Å². The average molecular weight is 612 g/mol. The predicted octanol–water partition coefficient (Wildman–Crippen LogP) is 9.15. The lowest BCUT2D eigenvalue weighted by molar-refractivity contribution is 0.0951. The molecule has 0 saturated heterocycles. The molecule has 0 unspecified atom stereocenters. The Hall–Kier alpha value is -4.60. The standard InChI is InChI=1S/C32H32ClN3O3.C3H8.C2H2/c1-5-24(39-6-2)15-16-34-31(37)22-11-13-23(14-12-22)35-32(38)27-19-29(25-9-7-8-10-28(25)33)36-30-21(4)17-20(3)18-26(27)30;1-3-2;1-2/h5,7-14,17-19H,6,15-16H2,1-4H3,(H,34,37)(H,35,38);3H2,1-2H3;1-2H/b24-5-;;. The number of nitrogens with one attached hydrogen (secondary N) is 2. The third kappa shape index (κ3) is 9.72. The summed E-state index contributed by atoms with van der Waals surface area (Å²) in [7, 11) is 0. The van der Waals surface area contributed by atoms with Gasteiger partial charge in [0.15, 0.2) is 0 Å². The lowest BCUT2D eigenvalue weighted by atomic mass is 9.99. The second kappa shape index (κ2) is 18.1. The van der Waals surface area contributed by atoms with Gasteiger partial charge in [0.2, 0.25) is 0 Å². The highest BCUT2D eigenvalue weighted by Crippen LogP contribution is 2.32. The predicted molar refractivity (Wildman–Crippen MR) is 184 cm³/mol. The number of rotatable bonds is 9. The van der Waals surface area contributed by atoms with Crippen molar-refractivity contribution in [2.45, 2.75) is 54.4 Å². The van der Waals surface area contributed by atoms with E-state index in [1.165, 1.54) is 6.42 Å². The van der Waals surface area contributed by atoms with Gasteiger partial charge in [-0.15, -0.1) is 12.8 Å². The number of ether oxygens (including phenoxy) is 1. The van der Waals surface area contributed by atoms with Crippen LogP contribution in [0.5, 0.6) is 0 Å². The number of carbonyl (C=O) groups is 2. The Kier molecular flexibility index (Phi) is 14.7. The van der Waals surface area contributed by atoms with Crippen LogP contribution in [0.15, 0.2) is 78.6 Å². The van der Waals surface area contributed by atoms with Crippen molar-refractivity contribution in [3.63, 3.8) is 0 Å². The molecule has 3 aromatic carbocycles. The first-order valence-corrected chi connectivity index (χ1v) is 15.1. The van der Waals surface area contributed by atoms with Crippen LogP contribution in [-0.4, -0.2) is 29.9 Å². The summed E-state index contributed by atoms with van der Waals surface area (Å²) >= 11 is 6.46. The number of pyridine rings is 1. The van der Waals surface area contributed by atoms with Crippen LogP contribution in [0.25, 0.3) is 22.2 Å². The van der Waals surface area contributed by atoms with Crippen LogP contribution in [0.1, 0.15) is 72.4 Å². The molecule has 0 atom stereocenters. The molecule has 4 rings (SSSR count). The first kappa shape index (κ1) is 35.6. The summed E-state index contributed by atoms with van der Waals surface area (Å²) in [5.74, 6) is 0.394. The van der Waals surface area contributed by atoms with Gasteiger partial charge in [0.05, 0.1) is 29.1 Å². The number of hydrogen-bond donors (Lipinski definition) is 2. The van der Waals surface area contributed by atoms with E-state index in [-0.39, 0.29) is 11.8 Å². The van der Waals surface area contributed by atoms with Crippen LogP contribution in [0.2, 0.25) is 5.02 Å². The number of allylic oxidation sites excluding steroid dienone is 1. The monoisotopic (exact) mass is 611 g/mol. The molecule has 1 heterocycles. The van der Waals surface area contributed by atoms with Crippen LogP contribution in [0.4, 0.5) is 5.69 Å². The van der Waals surface area contributed by atoms with Crippen molar-refractivity contribution < 1.29 is 14.3 Å². The number of anilines is 1. The highest BCUT2D eigenvalue weighted by Gasteiger charge is 2.17. The highest BCUT2D eigenvalue weighted by atomic mass is 35.5. The van der Waals surface area contributed by atoms with Crippen LogP contribution in [0, 0.1) is 26.7 Å². The van der Waals surface area contributed by atoms with E-state index in [0.29, 0.717) is 47.1 Å². The molecule has 0 aliphatic carbocycles. The molecular formula is C37H42ClN3O3. The van der Waals surface area contributed by atoms with E-state index >= 15 is 0 Å². The average Bonchev–Trinajstić information content (AvgIpc) is 3.02. The number of amides is 2. The lowest BCUT2D eigenvalue weighted by Gasteiger charge is -2.14. The molecule has 44 heavy (non-hydrogen) atoms. The fourth-order valence-electron chi connectivity index (χ4n) is 4.47. The number of hydrogen-bond acceptors (Lipinski definition) is 4. The van der Waals surface area contributed by atoms with Crippen molar-refractivity contribution in [1.29, 1.82) is 0 Å². The van der Waals surface area contributed by atoms with Gasteiger partial charge in [-0.2, -0.15) is 0 Å². The fraction of sp³-hybridized carbons (Fsp3) is 0.270. The van der Waals surface area contributed by atoms with Gasteiger partial charge in [0, 0.05) is 40.2 Å². The number of terminal acetylenes is 1. The van der Waals surface area contributed by atoms with E-state index in [0.717, 1.165) is 33.4 Å². The van der Waals surface area contributed by atoms with Crippen molar-refractivity contribution in [2.75, 3.05) is 18.5 Å². The number of aryl methyl sites for hydroxylation is 2. The second-order valence-electron chi connectivity index (χ2n) is 9.95. The molecule has 0 aliphatic heterocycles. The van der Waals surface area contributed by atoms with Crippen molar-refractivity contribution in [3.8, 4) is 24.1 Å². The number of halogens is 1. The summed E-state index contributed by atoms with van der Waals surface area (Å²) in [6, 6.07) is 20.1. The quantitative estimate of drug-likeness (QED) is 0.146. The summed E-state index contributed by atoms with van der Waals surface area (Å²) in [6.45, 7) is 13.1. The van der Waals surface area contributed by atoms with E-state index in [4.69, 9.17) is 21.3 Å². The third-order valence-corrected chi connectivity index (χ3v) is 6.69. The van der Waals surface area contributed by atoms with Gasteiger partial charge in [0.1, 0.15) is 0 Å². The first-order chi connectivity index (χ1) is 21.2. The Morgan fingerprint density at radius 1 is 0.955 bits per heavy atom. The van der Waals surface area contributed by atoms with Crippen molar-refractivity contribution in [1.82, 2.24) is 10.3 Å². The van der Waals surface area contributed by atoms with Crippen LogP contribution < -0.4 is 10.6 Å². The molecule has 0 bridgehead atoms. The van der Waals surface area contributed by atoms with Crippen LogP contribution >= 0.6 is 11.6 Å². The minimum absolute atomic E-state index is 0.185. The molecule has 0 saturated carbocycles. The Morgan fingerprint density at radius 3 is 2.23 bits per heavy atom. The molecule has 2 N–H and O–H groups in total. The summed E-state index contributed by atoms with van der Waals surface area (Å²) in [6.07, 6.45) is 11.8. The first-order valence-electron chi connectivity index (χ1n) is 14.7. The largest absolute Gasteiger partial charge is 0.499 e. The number of carbonyl (C=O) groups excluding carboxylic acids is 2. The normalized spacial score (nSPS) is 10.5. The van der Waals surface area contributed by atoms with E-state index in [1.54, 1.807) is 36.4 Å². The minimum atomic E-state index is -0.271. The SMILES string of the molecule is C#C.C/C=C(/CCNC(=O)c1ccc(NC(=O)c2cc(-c3ccccc3Cl)nc3c(C)cc(C)cc23)cc1)OCC.CCC. The molecule has 230 valence electrons. The van der Waals surface area contributed by atoms with Crippen LogP contribution in [-0.2, 0) is 4.74 Å². The Bertz CT molecular complexity index is 1610. The topological polar surface area (TPSA) is 80.3 Å². The number of aromatic nitrogens is 1. The van der Waals surface area contributed by atoms with Gasteiger partial charge >= 0.3 is 0 Å². The molecule has 7 heteroatoms. The van der Waals surface area contributed by atoms with Gasteiger partial charge in [0.25, 0.3) is 11.8 Å². The molecule has 0 spiro atoms. The fourth-order valence-corrected chi connectivity index (χ4v) is 4.70. The zero-order valence-corrected chi connectivity index (χ0v) is 27.2. The van der Waals surface area contributed by atoms with Crippen molar-refractivity contribution in [2.24, 2.45) is 0 Å². The van der Waals surface area contributed by atoms with Gasteiger partial charge in [-0.05, 0) is 81.8 Å². The molecule has 0 fully saturated rings. The maximum absolute atomic E-state index is 13.6. The molecule has 2 amide bonds. The molecule has 0 radical (unpaired) electrons. The van der Waals surface area contributed by atoms with E-state index in [1.807, 2.05) is 64.1 Å². The molecule has 6 nitrogen and oxygen atoms in total. The second-order valence-corrected chi connectivity index (χ2v) is 10.4. The van der Waals surface area contributed by atoms with Gasteiger partial charge in [-0.25, -0.2) is 4.98 Å². The highest BCUT2D eigenvalue weighted by molar-refractivity contribution is 6.33. The number of fused-ring (bicyclic) bond motifs is 1. The maximum atomic E-state index is 13.6. The zero-order chi connectivity index (χ0) is 32.6. The van der Waals surface area contributed by atoms with Gasteiger partial charge < -0.3 is 15.4 Å². The molecule has 1 aromatic heterocycles. The maximum Gasteiger partial charge on any atom is 0.256 e. The smallest absolute Gasteiger partial charge is 0.256 e. The van der Waals surface area contributed by atoms with Gasteiger partial charge in [-0.3, -0.25) is 9.59 Å². The molecule has 4 aromatic rings. The Morgan fingerprint density at radius 2 is 1.61 bits per heavy atom. The number of nitrogens with zero attached hydrogens (tertiary/aromatic N) is 1. The Labute approximate surface area is 266 Å². The van der Waals surface area contributed by atoms with E-state index < -0.39 is 0 Å². The van der Waals surface area contributed by atoms with Crippen LogP contribution in [0.3, 0.4) is 0 Å². The molecular weight excluding hydrogens is 570 g/mol. The summed E-state index contributed by atoms with van der Waals surface area (Å²) in [4.78, 5) is 31.0. The Balaban J connectivity index is 0.00000127. The summed E-state index contributed by atoms with van der Waals surface area (Å²) in [5.41, 5.74) is 5.74. The minimum Gasteiger partial charge on any atom is -0.499 e.